The van der Waals surface area contributed by atoms with Crippen LogP contribution in [0.3, 0.4) is 0 Å². The third kappa shape index (κ3) is 5.09. The first-order valence-corrected chi connectivity index (χ1v) is 11.8. The summed E-state index contributed by atoms with van der Waals surface area (Å²) in [7, 11) is -3.24. The van der Waals surface area contributed by atoms with Gasteiger partial charge in [-0.3, -0.25) is 4.98 Å². The standard InChI is InChI=1S/C24H22N4O3S/c1-16-14-19(7-11-23(16)31-20-8-4-17(2)26-15-20)27-24-25-13-12-22(28-24)18-5-9-21(10-6-18)32(3,29)30/h4-15H,1-3H3,(H,25,27,28). The maximum absolute atomic E-state index is 11.7. The molecule has 4 rings (SSSR count). The van der Waals surface area contributed by atoms with Gasteiger partial charge >= 0.3 is 0 Å². The molecule has 0 bridgehead atoms. The molecule has 0 aliphatic rings. The van der Waals surface area contributed by atoms with Gasteiger partial charge in [-0.15, -0.1) is 0 Å². The number of aromatic nitrogens is 3. The van der Waals surface area contributed by atoms with Crippen LogP contribution in [-0.2, 0) is 9.84 Å². The number of sulfone groups is 1. The van der Waals surface area contributed by atoms with Crippen molar-refractivity contribution in [3.63, 3.8) is 0 Å². The van der Waals surface area contributed by atoms with Crippen LogP contribution in [0.25, 0.3) is 11.3 Å². The van der Waals surface area contributed by atoms with Gasteiger partial charge in [0.05, 0.1) is 16.8 Å². The van der Waals surface area contributed by atoms with E-state index in [1.807, 2.05) is 44.2 Å². The molecule has 0 amide bonds. The van der Waals surface area contributed by atoms with Crippen molar-refractivity contribution in [2.75, 3.05) is 11.6 Å². The van der Waals surface area contributed by atoms with Crippen molar-refractivity contribution in [2.24, 2.45) is 0 Å². The summed E-state index contributed by atoms with van der Waals surface area (Å²) in [6.07, 6.45) is 4.54. The molecule has 0 radical (unpaired) electrons. The van der Waals surface area contributed by atoms with E-state index in [0.717, 1.165) is 28.3 Å². The van der Waals surface area contributed by atoms with Crippen molar-refractivity contribution in [2.45, 2.75) is 18.7 Å². The van der Waals surface area contributed by atoms with E-state index in [2.05, 4.69) is 20.3 Å². The van der Waals surface area contributed by atoms with Crippen LogP contribution in [0.4, 0.5) is 11.6 Å². The molecule has 0 saturated carbocycles. The topological polar surface area (TPSA) is 94.1 Å². The second-order valence-corrected chi connectivity index (χ2v) is 9.42. The maximum Gasteiger partial charge on any atom is 0.227 e. The van der Waals surface area contributed by atoms with Gasteiger partial charge in [-0.2, -0.15) is 0 Å². The fraction of sp³-hybridized carbons (Fsp3) is 0.125. The average Bonchev–Trinajstić information content (AvgIpc) is 2.77. The van der Waals surface area contributed by atoms with Crippen molar-refractivity contribution in [1.29, 1.82) is 0 Å². The van der Waals surface area contributed by atoms with E-state index < -0.39 is 9.84 Å². The summed E-state index contributed by atoms with van der Waals surface area (Å²) in [5.74, 6) is 1.85. The van der Waals surface area contributed by atoms with Gasteiger partial charge in [-0.25, -0.2) is 18.4 Å². The van der Waals surface area contributed by atoms with Gasteiger partial charge in [0.25, 0.3) is 0 Å². The molecule has 0 spiro atoms. The largest absolute Gasteiger partial charge is 0.455 e. The van der Waals surface area contributed by atoms with Crippen molar-refractivity contribution >= 4 is 21.5 Å². The molecule has 0 unspecified atom stereocenters. The minimum atomic E-state index is -3.24. The minimum Gasteiger partial charge on any atom is -0.455 e. The Hall–Kier alpha value is -3.78. The number of nitrogens with zero attached hydrogens (tertiary/aromatic N) is 3. The number of benzene rings is 2. The highest BCUT2D eigenvalue weighted by Gasteiger charge is 2.09. The van der Waals surface area contributed by atoms with E-state index >= 15 is 0 Å². The number of hydrogen-bond acceptors (Lipinski definition) is 7. The first kappa shape index (κ1) is 21.5. The van der Waals surface area contributed by atoms with E-state index in [1.54, 1.807) is 42.7 Å². The molecule has 8 heteroatoms. The van der Waals surface area contributed by atoms with Crippen molar-refractivity contribution in [1.82, 2.24) is 15.0 Å². The summed E-state index contributed by atoms with van der Waals surface area (Å²) in [5, 5.41) is 3.20. The fourth-order valence-corrected chi connectivity index (χ4v) is 3.70. The molecular weight excluding hydrogens is 424 g/mol. The number of rotatable bonds is 6. The Kier molecular flexibility index (Phi) is 5.87. The van der Waals surface area contributed by atoms with Gasteiger partial charge in [0.2, 0.25) is 5.95 Å². The predicted octanol–water partition coefficient (Wildman–Crippen LogP) is 5.09. The zero-order valence-corrected chi connectivity index (χ0v) is 18.7. The molecule has 2 heterocycles. The van der Waals surface area contributed by atoms with Gasteiger partial charge in [-0.1, -0.05) is 12.1 Å². The molecule has 4 aromatic rings. The van der Waals surface area contributed by atoms with E-state index in [-0.39, 0.29) is 4.90 Å². The molecule has 2 aromatic carbocycles. The monoisotopic (exact) mass is 446 g/mol. The summed E-state index contributed by atoms with van der Waals surface area (Å²) in [5.41, 5.74) is 4.19. The van der Waals surface area contributed by atoms with Crippen LogP contribution in [0.5, 0.6) is 11.5 Å². The van der Waals surface area contributed by atoms with Gasteiger partial charge < -0.3 is 10.1 Å². The number of nitrogens with one attached hydrogen (secondary N) is 1. The first-order chi connectivity index (χ1) is 15.3. The summed E-state index contributed by atoms with van der Waals surface area (Å²) >= 11 is 0. The number of hydrogen-bond donors (Lipinski definition) is 1. The number of ether oxygens (including phenoxy) is 1. The van der Waals surface area contributed by atoms with Gasteiger partial charge in [-0.05, 0) is 67.9 Å². The highest BCUT2D eigenvalue weighted by molar-refractivity contribution is 7.90. The second kappa shape index (κ2) is 8.76. The van der Waals surface area contributed by atoms with Gasteiger partial charge in [0.1, 0.15) is 11.5 Å². The van der Waals surface area contributed by atoms with Crippen LogP contribution in [0, 0.1) is 13.8 Å². The average molecular weight is 447 g/mol. The first-order valence-electron chi connectivity index (χ1n) is 9.90. The Morgan fingerprint density at radius 3 is 2.34 bits per heavy atom. The van der Waals surface area contributed by atoms with Crippen LogP contribution < -0.4 is 10.1 Å². The summed E-state index contributed by atoms with van der Waals surface area (Å²) < 4.78 is 29.2. The van der Waals surface area contributed by atoms with E-state index in [1.165, 1.54) is 6.26 Å². The number of anilines is 2. The Balaban J connectivity index is 1.51. The zero-order chi connectivity index (χ0) is 22.7. The Morgan fingerprint density at radius 2 is 1.69 bits per heavy atom. The summed E-state index contributed by atoms with van der Waals surface area (Å²) in [4.78, 5) is 13.4. The smallest absolute Gasteiger partial charge is 0.227 e. The Labute approximate surface area is 187 Å². The quantitative estimate of drug-likeness (QED) is 0.441. The van der Waals surface area contributed by atoms with Crippen molar-refractivity contribution in [3.05, 3.63) is 84.3 Å². The van der Waals surface area contributed by atoms with E-state index in [9.17, 15) is 8.42 Å². The molecule has 1 N–H and O–H groups in total. The van der Waals surface area contributed by atoms with Crippen LogP contribution in [0.2, 0.25) is 0 Å². The van der Waals surface area contributed by atoms with E-state index in [4.69, 9.17) is 4.74 Å². The Bertz CT molecular complexity index is 1350. The lowest BCUT2D eigenvalue weighted by atomic mass is 10.1. The predicted molar refractivity (Wildman–Crippen MR) is 124 cm³/mol. The van der Waals surface area contributed by atoms with Crippen LogP contribution in [0.1, 0.15) is 11.3 Å². The van der Waals surface area contributed by atoms with Crippen molar-refractivity contribution < 1.29 is 13.2 Å². The van der Waals surface area contributed by atoms with Gasteiger partial charge in [0.15, 0.2) is 9.84 Å². The molecular formula is C24H22N4O3S. The number of pyridine rings is 1. The molecule has 0 fully saturated rings. The molecule has 2 aromatic heterocycles. The molecule has 7 nitrogen and oxygen atoms in total. The molecule has 162 valence electrons. The lowest BCUT2D eigenvalue weighted by Gasteiger charge is -2.11. The minimum absolute atomic E-state index is 0.271. The molecule has 0 aliphatic carbocycles. The lowest BCUT2D eigenvalue weighted by Crippen LogP contribution is -1.99. The SMILES string of the molecule is Cc1ccc(Oc2ccc(Nc3nccc(-c4ccc(S(C)(=O)=O)cc4)n3)cc2C)cn1. The highest BCUT2D eigenvalue weighted by Crippen LogP contribution is 2.28. The molecule has 0 saturated heterocycles. The Morgan fingerprint density at radius 1 is 0.906 bits per heavy atom. The molecule has 0 aliphatic heterocycles. The van der Waals surface area contributed by atoms with Gasteiger partial charge in [0, 0.05) is 29.4 Å². The van der Waals surface area contributed by atoms with E-state index in [0.29, 0.717) is 17.4 Å². The van der Waals surface area contributed by atoms with Crippen molar-refractivity contribution in [3.8, 4) is 22.8 Å². The third-order valence-corrected chi connectivity index (χ3v) is 5.91. The lowest BCUT2D eigenvalue weighted by molar-refractivity contribution is 0.476. The number of aryl methyl sites for hydroxylation is 2. The van der Waals surface area contributed by atoms with Crippen LogP contribution in [-0.4, -0.2) is 29.6 Å². The van der Waals surface area contributed by atoms with Crippen LogP contribution >= 0.6 is 0 Å². The molecule has 0 atom stereocenters. The molecule has 32 heavy (non-hydrogen) atoms. The summed E-state index contributed by atoms with van der Waals surface area (Å²) in [6.45, 7) is 3.89. The maximum atomic E-state index is 11.7. The highest BCUT2D eigenvalue weighted by atomic mass is 32.2. The third-order valence-electron chi connectivity index (χ3n) is 4.78. The summed E-state index contributed by atoms with van der Waals surface area (Å²) in [6, 6.07) is 17.9. The second-order valence-electron chi connectivity index (χ2n) is 7.40. The van der Waals surface area contributed by atoms with Crippen LogP contribution in [0.15, 0.2) is 78.0 Å². The zero-order valence-electron chi connectivity index (χ0n) is 17.9. The normalized spacial score (nSPS) is 11.2. The fourth-order valence-electron chi connectivity index (χ4n) is 3.06.